The monoisotopic (exact) mass is 484 g/mol. The summed E-state index contributed by atoms with van der Waals surface area (Å²) in [5.74, 6) is 0.133. The van der Waals surface area contributed by atoms with E-state index in [0.29, 0.717) is 35.5 Å². The first-order chi connectivity index (χ1) is 16.6. The Labute approximate surface area is 202 Å². The quantitative estimate of drug-likeness (QED) is 0.516. The summed E-state index contributed by atoms with van der Waals surface area (Å²) in [4.78, 5) is 28.2. The number of halogens is 3. The Balaban J connectivity index is 1.59. The van der Waals surface area contributed by atoms with Gasteiger partial charge in [-0.05, 0) is 62.8 Å². The van der Waals surface area contributed by atoms with E-state index in [4.69, 9.17) is 4.74 Å². The highest BCUT2D eigenvalue weighted by Gasteiger charge is 2.49. The van der Waals surface area contributed by atoms with Crippen molar-refractivity contribution in [2.75, 3.05) is 6.54 Å². The predicted octanol–water partition coefficient (Wildman–Crippen LogP) is 5.38. The van der Waals surface area contributed by atoms with Gasteiger partial charge in [0.05, 0.1) is 17.3 Å². The molecule has 3 atom stereocenters. The van der Waals surface area contributed by atoms with Crippen LogP contribution in [-0.2, 0) is 6.18 Å². The maximum atomic E-state index is 13.7. The third-order valence-corrected chi connectivity index (χ3v) is 6.38. The minimum Gasteiger partial charge on any atom is -0.472 e. The molecule has 0 aromatic carbocycles. The number of amides is 1. The lowest BCUT2D eigenvalue weighted by molar-refractivity contribution is -0.137. The highest BCUT2D eigenvalue weighted by molar-refractivity contribution is 6.17. The summed E-state index contributed by atoms with van der Waals surface area (Å²) in [7, 11) is 0. The number of aryl methyl sites for hydroxylation is 1. The molecule has 2 aromatic heterocycles. The molecule has 3 heterocycles. The van der Waals surface area contributed by atoms with Gasteiger partial charge in [0.1, 0.15) is 11.8 Å². The summed E-state index contributed by atoms with van der Waals surface area (Å²) in [5.41, 5.74) is 2.29. The van der Waals surface area contributed by atoms with Crippen molar-refractivity contribution in [1.29, 1.82) is 0 Å². The number of hydrogen-bond acceptors (Lipinski definition) is 5. The minimum atomic E-state index is -4.46. The average molecular weight is 485 g/mol. The number of aliphatic imine (C=N–C) groups is 1. The van der Waals surface area contributed by atoms with Gasteiger partial charge in [0.25, 0.3) is 5.91 Å². The summed E-state index contributed by atoms with van der Waals surface area (Å²) in [5, 5.41) is 0. The van der Waals surface area contributed by atoms with Gasteiger partial charge in [0.15, 0.2) is 0 Å². The van der Waals surface area contributed by atoms with Gasteiger partial charge in [-0.2, -0.15) is 13.2 Å². The Kier molecular flexibility index (Phi) is 6.78. The first kappa shape index (κ1) is 24.6. The van der Waals surface area contributed by atoms with Gasteiger partial charge < -0.3 is 9.64 Å². The van der Waals surface area contributed by atoms with Crippen LogP contribution >= 0.6 is 0 Å². The molecule has 6 nitrogen and oxygen atoms in total. The number of carbonyl (C=O) groups excluding carboxylic acids is 1. The van der Waals surface area contributed by atoms with Crippen LogP contribution in [-0.4, -0.2) is 45.2 Å². The molecule has 35 heavy (non-hydrogen) atoms. The Morgan fingerprint density at radius 3 is 2.63 bits per heavy atom. The Morgan fingerprint density at radius 1 is 1.26 bits per heavy atom. The summed E-state index contributed by atoms with van der Waals surface area (Å²) in [6.45, 7) is 10.2. The molecule has 9 heteroatoms. The van der Waals surface area contributed by atoms with E-state index in [1.54, 1.807) is 23.4 Å². The SMILES string of the molecule is C=C(C)C(=N/C=C\C)c1c(C)ccnc1C(=O)N1CC2CC(Oc3ccc(C(F)(F)F)cn3)C1C2. The van der Waals surface area contributed by atoms with Crippen LogP contribution < -0.4 is 4.74 Å². The lowest BCUT2D eigenvalue weighted by Gasteiger charge is -2.33. The van der Waals surface area contributed by atoms with E-state index in [1.807, 2.05) is 26.8 Å². The fourth-order valence-electron chi connectivity index (χ4n) is 4.79. The van der Waals surface area contributed by atoms with Gasteiger partial charge in [-0.1, -0.05) is 12.7 Å². The third-order valence-electron chi connectivity index (χ3n) is 6.38. The average Bonchev–Trinajstić information content (AvgIpc) is 3.40. The van der Waals surface area contributed by atoms with Crippen molar-refractivity contribution >= 4 is 11.6 Å². The van der Waals surface area contributed by atoms with E-state index in [1.165, 1.54) is 6.07 Å². The van der Waals surface area contributed by atoms with Crippen molar-refractivity contribution in [2.24, 2.45) is 10.9 Å². The van der Waals surface area contributed by atoms with E-state index in [-0.39, 0.29) is 29.9 Å². The number of carbonyl (C=O) groups is 1. The van der Waals surface area contributed by atoms with Crippen molar-refractivity contribution in [1.82, 2.24) is 14.9 Å². The molecule has 2 aliphatic rings. The number of rotatable bonds is 6. The number of hydrogen-bond donors (Lipinski definition) is 0. The van der Waals surface area contributed by atoms with Gasteiger partial charge >= 0.3 is 6.18 Å². The zero-order chi connectivity index (χ0) is 25.3. The van der Waals surface area contributed by atoms with E-state index in [2.05, 4.69) is 21.5 Å². The van der Waals surface area contributed by atoms with Crippen molar-refractivity contribution < 1.29 is 22.7 Å². The molecule has 1 aliphatic heterocycles. The summed E-state index contributed by atoms with van der Waals surface area (Å²) in [6.07, 6.45) is 2.48. The number of ether oxygens (including phenoxy) is 1. The topological polar surface area (TPSA) is 67.7 Å². The Morgan fingerprint density at radius 2 is 2.03 bits per heavy atom. The van der Waals surface area contributed by atoms with E-state index >= 15 is 0 Å². The second-order valence-electron chi connectivity index (χ2n) is 8.99. The molecule has 0 N–H and O–H groups in total. The number of fused-ring (bicyclic) bond motifs is 2. The first-order valence-corrected chi connectivity index (χ1v) is 11.4. The van der Waals surface area contributed by atoms with Crippen molar-refractivity contribution in [3.8, 4) is 5.88 Å². The van der Waals surface area contributed by atoms with E-state index in [0.717, 1.165) is 24.2 Å². The number of pyridine rings is 2. The molecule has 2 fully saturated rings. The number of likely N-dealkylation sites (tertiary alicyclic amines) is 1. The Bertz CT molecular complexity index is 1190. The smallest absolute Gasteiger partial charge is 0.417 e. The maximum Gasteiger partial charge on any atom is 0.417 e. The van der Waals surface area contributed by atoms with Crippen molar-refractivity contribution in [2.45, 2.75) is 51.9 Å². The van der Waals surface area contributed by atoms with Gasteiger partial charge in [0, 0.05) is 36.8 Å². The molecule has 3 unspecified atom stereocenters. The third kappa shape index (κ3) is 4.99. The highest BCUT2D eigenvalue weighted by atomic mass is 19.4. The lowest BCUT2D eigenvalue weighted by Crippen LogP contribution is -2.47. The van der Waals surface area contributed by atoms with Crippen LogP contribution in [0, 0.1) is 12.8 Å². The van der Waals surface area contributed by atoms with Crippen LogP contribution in [0.25, 0.3) is 0 Å². The molecule has 2 bridgehead atoms. The normalized spacial score (nSPS) is 22.2. The minimum absolute atomic E-state index is 0.111. The van der Waals surface area contributed by atoms with Crippen LogP contribution in [0.15, 0.2) is 60.0 Å². The number of alkyl halides is 3. The summed E-state index contributed by atoms with van der Waals surface area (Å²) < 4.78 is 44.5. The largest absolute Gasteiger partial charge is 0.472 e. The fraction of sp³-hybridized carbons (Fsp3) is 0.385. The zero-order valence-corrected chi connectivity index (χ0v) is 19.8. The number of allylic oxidation sites excluding steroid dienone is 2. The maximum absolute atomic E-state index is 13.7. The van der Waals surface area contributed by atoms with E-state index in [9.17, 15) is 18.0 Å². The van der Waals surface area contributed by atoms with Crippen LogP contribution in [0.3, 0.4) is 0 Å². The zero-order valence-electron chi connectivity index (χ0n) is 19.8. The number of nitrogens with zero attached hydrogens (tertiary/aromatic N) is 4. The van der Waals surface area contributed by atoms with Gasteiger partial charge in [0.2, 0.25) is 5.88 Å². The molecule has 184 valence electrons. The lowest BCUT2D eigenvalue weighted by atomic mass is 9.97. The summed E-state index contributed by atoms with van der Waals surface area (Å²) in [6, 6.07) is 3.79. The first-order valence-electron chi connectivity index (χ1n) is 11.4. The van der Waals surface area contributed by atoms with Gasteiger partial charge in [-0.25, -0.2) is 4.98 Å². The molecule has 1 saturated heterocycles. The predicted molar refractivity (Wildman–Crippen MR) is 126 cm³/mol. The second-order valence-corrected chi connectivity index (χ2v) is 8.99. The number of aromatic nitrogens is 2. The molecule has 1 saturated carbocycles. The molecule has 1 aliphatic carbocycles. The molecule has 0 radical (unpaired) electrons. The fourth-order valence-corrected chi connectivity index (χ4v) is 4.79. The molecule has 1 amide bonds. The molecule has 2 aromatic rings. The molecular weight excluding hydrogens is 457 g/mol. The van der Waals surface area contributed by atoms with Crippen LogP contribution in [0.4, 0.5) is 13.2 Å². The highest BCUT2D eigenvalue weighted by Crippen LogP contribution is 2.41. The second kappa shape index (κ2) is 9.64. The number of piperidine rings is 1. The standard InChI is InChI=1S/C26H27F3N4O2/c1-5-9-30-23(15(2)3)22-16(4)8-10-31-24(22)25(34)33-14-17-11-19(33)20(12-17)35-21-7-6-18(13-32-21)26(27,28)29/h5-10,13,17,19-20H,2,11-12,14H2,1,3-4H3/b9-5-,30-23?. The van der Waals surface area contributed by atoms with E-state index < -0.39 is 11.7 Å². The van der Waals surface area contributed by atoms with Crippen molar-refractivity contribution in [3.63, 3.8) is 0 Å². The molecule has 4 rings (SSSR count). The van der Waals surface area contributed by atoms with Crippen LogP contribution in [0.1, 0.15) is 53.9 Å². The van der Waals surface area contributed by atoms with Crippen LogP contribution in [0.5, 0.6) is 5.88 Å². The summed E-state index contributed by atoms with van der Waals surface area (Å²) >= 11 is 0. The van der Waals surface area contributed by atoms with Gasteiger partial charge in [-0.3, -0.25) is 14.8 Å². The molecule has 0 spiro atoms. The van der Waals surface area contributed by atoms with Crippen molar-refractivity contribution in [3.05, 3.63) is 77.4 Å². The Hall–Kier alpha value is -3.49. The molecular formula is C26H27F3N4O2. The van der Waals surface area contributed by atoms with Crippen LogP contribution in [0.2, 0.25) is 0 Å². The van der Waals surface area contributed by atoms with Gasteiger partial charge in [-0.15, -0.1) is 0 Å².